The smallest absolute Gasteiger partial charge is 0.332 e. The molecule has 1 spiro atoms. The van der Waals surface area contributed by atoms with Gasteiger partial charge < -0.3 is 14.2 Å². The summed E-state index contributed by atoms with van der Waals surface area (Å²) in [7, 11) is 7.28. The van der Waals surface area contributed by atoms with E-state index in [4.69, 9.17) is 14.2 Å². The molecule has 8 nitrogen and oxygen atoms in total. The Balaban J connectivity index is 2.04. The average Bonchev–Trinajstić information content (AvgIpc) is 3.39. The van der Waals surface area contributed by atoms with Crippen molar-refractivity contribution in [3.8, 4) is 17.2 Å². The van der Waals surface area contributed by atoms with Crippen molar-refractivity contribution in [1.82, 2.24) is 9.80 Å². The second-order valence-corrected chi connectivity index (χ2v) is 6.20. The highest BCUT2D eigenvalue weighted by Crippen LogP contribution is 2.63. The number of rotatable bonds is 4. The summed E-state index contributed by atoms with van der Waals surface area (Å²) in [5.41, 5.74) is -0.505. The second-order valence-electron chi connectivity index (χ2n) is 6.20. The van der Waals surface area contributed by atoms with Crippen molar-refractivity contribution >= 4 is 17.8 Å². The highest BCUT2D eigenvalue weighted by Gasteiger charge is 2.71. The molecule has 0 bridgehead atoms. The van der Waals surface area contributed by atoms with Gasteiger partial charge in [0.05, 0.1) is 21.3 Å². The fourth-order valence-corrected chi connectivity index (χ4v) is 3.53. The van der Waals surface area contributed by atoms with Gasteiger partial charge in [-0.25, -0.2) is 4.79 Å². The van der Waals surface area contributed by atoms with Crippen molar-refractivity contribution < 1.29 is 28.6 Å². The summed E-state index contributed by atoms with van der Waals surface area (Å²) < 4.78 is 16.0. The van der Waals surface area contributed by atoms with Gasteiger partial charge in [-0.05, 0) is 24.1 Å². The first-order valence-electron chi connectivity index (χ1n) is 7.73. The van der Waals surface area contributed by atoms with Crippen molar-refractivity contribution in [2.45, 2.75) is 12.3 Å². The van der Waals surface area contributed by atoms with Crippen molar-refractivity contribution in [2.24, 2.45) is 5.41 Å². The van der Waals surface area contributed by atoms with Crippen molar-refractivity contribution in [1.29, 1.82) is 0 Å². The molecule has 0 radical (unpaired) electrons. The lowest BCUT2D eigenvalue weighted by molar-refractivity contribution is -0.150. The van der Waals surface area contributed by atoms with Crippen LogP contribution in [-0.2, 0) is 9.59 Å². The molecule has 1 atom stereocenters. The van der Waals surface area contributed by atoms with E-state index in [1.807, 2.05) is 0 Å². The van der Waals surface area contributed by atoms with Gasteiger partial charge in [0.25, 0.3) is 0 Å². The molecule has 134 valence electrons. The van der Waals surface area contributed by atoms with Gasteiger partial charge in [0, 0.05) is 20.0 Å². The lowest BCUT2D eigenvalue weighted by atomic mass is 9.94. The summed E-state index contributed by atoms with van der Waals surface area (Å²) in [6.07, 6.45) is 0.339. The van der Waals surface area contributed by atoms with Crippen LogP contribution in [0.1, 0.15) is 17.9 Å². The number of amides is 4. The van der Waals surface area contributed by atoms with Crippen LogP contribution in [0.2, 0.25) is 0 Å². The number of nitrogens with zero attached hydrogens (tertiary/aromatic N) is 2. The summed E-state index contributed by atoms with van der Waals surface area (Å²) in [4.78, 5) is 39.3. The first kappa shape index (κ1) is 17.1. The van der Waals surface area contributed by atoms with Gasteiger partial charge in [-0.2, -0.15) is 0 Å². The molecule has 25 heavy (non-hydrogen) atoms. The largest absolute Gasteiger partial charge is 0.493 e. The predicted octanol–water partition coefficient (Wildman–Crippen LogP) is 1.24. The molecule has 1 aromatic rings. The Labute approximate surface area is 145 Å². The number of methoxy groups -OCH3 is 3. The van der Waals surface area contributed by atoms with E-state index >= 15 is 0 Å². The van der Waals surface area contributed by atoms with Gasteiger partial charge in [-0.1, -0.05) is 0 Å². The Morgan fingerprint density at radius 2 is 1.40 bits per heavy atom. The molecule has 1 saturated carbocycles. The van der Waals surface area contributed by atoms with Gasteiger partial charge in [0.2, 0.25) is 17.6 Å². The quantitative estimate of drug-likeness (QED) is 0.761. The topological polar surface area (TPSA) is 85.4 Å². The third kappa shape index (κ3) is 2.16. The Morgan fingerprint density at radius 3 is 1.80 bits per heavy atom. The van der Waals surface area contributed by atoms with E-state index in [-0.39, 0.29) is 5.92 Å². The Bertz CT molecular complexity index is 725. The zero-order chi connectivity index (χ0) is 18.5. The molecule has 3 rings (SSSR count). The summed E-state index contributed by atoms with van der Waals surface area (Å²) in [6.45, 7) is 0. The highest BCUT2D eigenvalue weighted by molar-refractivity contribution is 6.21. The van der Waals surface area contributed by atoms with Gasteiger partial charge in [0.1, 0.15) is 5.41 Å². The lowest BCUT2D eigenvalue weighted by Gasteiger charge is -2.33. The Hall–Kier alpha value is -2.77. The number of benzene rings is 1. The lowest BCUT2D eigenvalue weighted by Crippen LogP contribution is -2.58. The van der Waals surface area contributed by atoms with Crippen LogP contribution in [0.5, 0.6) is 17.2 Å². The molecule has 1 aliphatic heterocycles. The SMILES string of the molecule is COc1cc([C@H]2CC23C(=O)N(C)C(=O)N(C)C3=O)cc(OC)c1OC. The van der Waals surface area contributed by atoms with Crippen LogP contribution in [0.25, 0.3) is 0 Å². The monoisotopic (exact) mass is 348 g/mol. The van der Waals surface area contributed by atoms with E-state index in [1.165, 1.54) is 35.4 Å². The fraction of sp³-hybridized carbons (Fsp3) is 0.471. The number of hydrogen-bond acceptors (Lipinski definition) is 6. The number of carbonyl (C=O) groups is 3. The van der Waals surface area contributed by atoms with Gasteiger partial charge in [-0.3, -0.25) is 19.4 Å². The van der Waals surface area contributed by atoms with Crippen LogP contribution >= 0.6 is 0 Å². The number of hydrogen-bond donors (Lipinski definition) is 0. The average molecular weight is 348 g/mol. The summed E-state index contributed by atoms with van der Waals surface area (Å²) in [5.74, 6) is 0.0480. The van der Waals surface area contributed by atoms with E-state index in [0.717, 1.165) is 15.4 Å². The van der Waals surface area contributed by atoms with Gasteiger partial charge in [0.15, 0.2) is 11.5 Å². The molecule has 4 amide bonds. The van der Waals surface area contributed by atoms with Crippen LogP contribution in [0.3, 0.4) is 0 Å². The number of carbonyl (C=O) groups excluding carboxylic acids is 3. The van der Waals surface area contributed by atoms with Crippen LogP contribution < -0.4 is 14.2 Å². The summed E-state index contributed by atoms with van der Waals surface area (Å²) in [5, 5.41) is 0. The molecule has 1 aliphatic carbocycles. The fourth-order valence-electron chi connectivity index (χ4n) is 3.53. The number of urea groups is 1. The Kier molecular flexibility index (Phi) is 3.85. The first-order chi connectivity index (χ1) is 11.8. The predicted molar refractivity (Wildman–Crippen MR) is 86.8 cm³/mol. The molecule has 1 saturated heterocycles. The van der Waals surface area contributed by atoms with E-state index in [2.05, 4.69) is 0 Å². The van der Waals surface area contributed by atoms with E-state index in [9.17, 15) is 14.4 Å². The van der Waals surface area contributed by atoms with E-state index in [1.54, 1.807) is 12.1 Å². The van der Waals surface area contributed by atoms with E-state index in [0.29, 0.717) is 23.7 Å². The van der Waals surface area contributed by atoms with Crippen molar-refractivity contribution in [2.75, 3.05) is 35.4 Å². The molecule has 1 aromatic carbocycles. The maximum absolute atomic E-state index is 12.7. The maximum Gasteiger partial charge on any atom is 0.332 e. The maximum atomic E-state index is 12.7. The molecule has 2 fully saturated rings. The van der Waals surface area contributed by atoms with Crippen LogP contribution in [0, 0.1) is 5.41 Å². The minimum absolute atomic E-state index is 0.339. The zero-order valence-electron chi connectivity index (χ0n) is 14.8. The van der Waals surface area contributed by atoms with Crippen molar-refractivity contribution in [3.63, 3.8) is 0 Å². The number of imide groups is 2. The molecule has 0 aromatic heterocycles. The molecular weight excluding hydrogens is 328 g/mol. The van der Waals surface area contributed by atoms with Crippen molar-refractivity contribution in [3.05, 3.63) is 17.7 Å². The normalized spacial score (nSPS) is 21.6. The number of ether oxygens (including phenoxy) is 3. The van der Waals surface area contributed by atoms with Gasteiger partial charge >= 0.3 is 6.03 Å². The molecular formula is C17H20N2O6. The van der Waals surface area contributed by atoms with E-state index < -0.39 is 23.3 Å². The van der Waals surface area contributed by atoms with Crippen LogP contribution in [0.4, 0.5) is 4.79 Å². The Morgan fingerprint density at radius 1 is 0.920 bits per heavy atom. The molecule has 0 unspecified atom stereocenters. The summed E-state index contributed by atoms with van der Waals surface area (Å²) in [6, 6.07) is 2.85. The molecule has 1 heterocycles. The second kappa shape index (κ2) is 5.65. The standard InChI is InChI=1S/C17H20N2O6/c1-18-14(20)17(15(21)19(2)16(18)22)8-10(17)9-6-11(23-3)13(25-5)12(7-9)24-4/h6-7,10H,8H2,1-5H3/t10-/m1/s1. The van der Waals surface area contributed by atoms with Gasteiger partial charge in [-0.15, -0.1) is 0 Å². The van der Waals surface area contributed by atoms with Crippen LogP contribution in [0.15, 0.2) is 12.1 Å². The summed E-state index contributed by atoms with van der Waals surface area (Å²) >= 11 is 0. The third-order valence-electron chi connectivity index (χ3n) is 5.00. The highest BCUT2D eigenvalue weighted by atomic mass is 16.5. The zero-order valence-corrected chi connectivity index (χ0v) is 14.8. The molecule has 2 aliphatic rings. The molecule has 8 heteroatoms. The minimum atomic E-state index is -1.23. The third-order valence-corrected chi connectivity index (χ3v) is 5.00. The first-order valence-corrected chi connectivity index (χ1v) is 7.73. The van der Waals surface area contributed by atoms with Crippen LogP contribution in [-0.4, -0.2) is 63.1 Å². The number of barbiturate groups is 1. The minimum Gasteiger partial charge on any atom is -0.493 e. The molecule has 0 N–H and O–H groups in total.